The summed E-state index contributed by atoms with van der Waals surface area (Å²) >= 11 is 1.64. The summed E-state index contributed by atoms with van der Waals surface area (Å²) in [7, 11) is 1.56. The van der Waals surface area contributed by atoms with Gasteiger partial charge in [-0.05, 0) is 36.4 Å². The minimum absolute atomic E-state index is 0.0817. The van der Waals surface area contributed by atoms with Gasteiger partial charge in [0.15, 0.2) is 0 Å². The summed E-state index contributed by atoms with van der Waals surface area (Å²) in [6, 6.07) is 15.6. The maximum atomic E-state index is 12.3. The molecule has 6 nitrogen and oxygen atoms in total. The van der Waals surface area contributed by atoms with Crippen LogP contribution < -0.4 is 5.32 Å². The number of amides is 2. The summed E-state index contributed by atoms with van der Waals surface area (Å²) in [5.74, 6) is -0.362. The molecule has 0 saturated carbocycles. The quantitative estimate of drug-likeness (QED) is 0.773. The highest BCUT2D eigenvalue weighted by molar-refractivity contribution is 7.21. The molecular weight excluding hydrogens is 348 g/mol. The number of benzene rings is 2. The Morgan fingerprint density at radius 1 is 1.12 bits per heavy atom. The topological polar surface area (TPSA) is 74.7 Å². The number of nitrogens with zero attached hydrogens (tertiary/aromatic N) is 3. The van der Waals surface area contributed by atoms with Gasteiger partial charge >= 0.3 is 0 Å². The Morgan fingerprint density at radius 2 is 1.88 bits per heavy atom. The zero-order chi connectivity index (χ0) is 18.1. The average molecular weight is 364 g/mol. The van der Waals surface area contributed by atoms with Gasteiger partial charge in [-0.3, -0.25) is 9.59 Å². The summed E-state index contributed by atoms with van der Waals surface area (Å²) in [5, 5.41) is 9.02. The lowest BCUT2D eigenvalue weighted by Gasteiger charge is -2.18. The van der Waals surface area contributed by atoms with Crippen molar-refractivity contribution < 1.29 is 9.59 Å². The van der Waals surface area contributed by atoms with Gasteiger partial charge in [-0.2, -0.15) is 5.10 Å². The zero-order valence-electron chi connectivity index (χ0n) is 14.1. The van der Waals surface area contributed by atoms with Gasteiger partial charge in [0, 0.05) is 31.1 Å². The maximum absolute atomic E-state index is 12.3. The highest BCUT2D eigenvalue weighted by Gasteiger charge is 2.22. The number of para-hydroxylation sites is 1. The molecule has 2 aromatic carbocycles. The van der Waals surface area contributed by atoms with Crippen LogP contribution >= 0.6 is 11.3 Å². The molecule has 0 spiro atoms. The number of thiazole rings is 1. The van der Waals surface area contributed by atoms with Gasteiger partial charge in [0.1, 0.15) is 10.7 Å². The highest BCUT2D eigenvalue weighted by atomic mass is 32.1. The molecule has 0 aliphatic carbocycles. The van der Waals surface area contributed by atoms with Crippen LogP contribution in [-0.4, -0.2) is 34.6 Å². The van der Waals surface area contributed by atoms with Gasteiger partial charge in [-0.15, -0.1) is 11.3 Å². The van der Waals surface area contributed by atoms with E-state index >= 15 is 0 Å². The van der Waals surface area contributed by atoms with Gasteiger partial charge in [0.2, 0.25) is 5.91 Å². The molecule has 0 bridgehead atoms. The second kappa shape index (κ2) is 6.68. The third kappa shape index (κ3) is 3.21. The van der Waals surface area contributed by atoms with E-state index in [-0.39, 0.29) is 11.8 Å². The van der Waals surface area contributed by atoms with Crippen molar-refractivity contribution in [2.24, 2.45) is 5.10 Å². The minimum atomic E-state index is -0.280. The lowest BCUT2D eigenvalue weighted by molar-refractivity contribution is -0.130. The number of hydrogen-bond donors (Lipinski definition) is 1. The average Bonchev–Trinajstić information content (AvgIpc) is 3.08. The standard InChI is InChI=1S/C19H16N4O2S/c1-23-17(24)11-10-15(22-23)18(25)20-13-8-6-12(7-9-13)19-21-14-4-2-3-5-16(14)26-19/h2-9H,10-11H2,1H3,(H,20,25). The molecule has 4 rings (SSSR count). The molecule has 1 N–H and O–H groups in total. The van der Waals surface area contributed by atoms with Crippen LogP contribution in [0.4, 0.5) is 5.69 Å². The third-order valence-corrected chi connectivity index (χ3v) is 5.24. The summed E-state index contributed by atoms with van der Waals surface area (Å²) < 4.78 is 1.15. The highest BCUT2D eigenvalue weighted by Crippen LogP contribution is 2.30. The first kappa shape index (κ1) is 16.4. The third-order valence-electron chi connectivity index (χ3n) is 4.15. The number of hydrogen-bond acceptors (Lipinski definition) is 5. The predicted octanol–water partition coefficient (Wildman–Crippen LogP) is 3.51. The van der Waals surface area contributed by atoms with Crippen LogP contribution in [0.25, 0.3) is 20.8 Å². The van der Waals surface area contributed by atoms with Gasteiger partial charge in [-0.1, -0.05) is 12.1 Å². The molecule has 2 amide bonds. The Kier molecular flexibility index (Phi) is 4.22. The molecule has 1 aromatic heterocycles. The van der Waals surface area contributed by atoms with Crippen LogP contribution in [0.3, 0.4) is 0 Å². The van der Waals surface area contributed by atoms with Gasteiger partial charge in [0.05, 0.1) is 10.2 Å². The van der Waals surface area contributed by atoms with E-state index in [1.54, 1.807) is 18.4 Å². The van der Waals surface area contributed by atoms with Crippen molar-refractivity contribution in [2.75, 3.05) is 12.4 Å². The van der Waals surface area contributed by atoms with E-state index in [1.165, 1.54) is 5.01 Å². The summed E-state index contributed by atoms with van der Waals surface area (Å²) in [4.78, 5) is 28.4. The molecule has 3 aromatic rings. The van der Waals surface area contributed by atoms with Crippen LogP contribution in [0, 0.1) is 0 Å². The van der Waals surface area contributed by atoms with Crippen molar-refractivity contribution in [2.45, 2.75) is 12.8 Å². The monoisotopic (exact) mass is 364 g/mol. The van der Waals surface area contributed by atoms with Gasteiger partial charge in [0.25, 0.3) is 5.91 Å². The van der Waals surface area contributed by atoms with Crippen molar-refractivity contribution in [1.82, 2.24) is 9.99 Å². The smallest absolute Gasteiger partial charge is 0.271 e. The van der Waals surface area contributed by atoms with E-state index in [2.05, 4.69) is 21.5 Å². The second-order valence-corrected chi connectivity index (χ2v) is 7.01. The van der Waals surface area contributed by atoms with Crippen molar-refractivity contribution in [1.29, 1.82) is 0 Å². The number of fused-ring (bicyclic) bond motifs is 1. The number of carbonyl (C=O) groups excluding carboxylic acids is 2. The number of hydrazone groups is 1. The molecule has 0 radical (unpaired) electrons. The van der Waals surface area contributed by atoms with Gasteiger partial charge in [-0.25, -0.2) is 9.99 Å². The van der Waals surface area contributed by atoms with Gasteiger partial charge < -0.3 is 5.32 Å². The largest absolute Gasteiger partial charge is 0.321 e. The maximum Gasteiger partial charge on any atom is 0.271 e. The molecule has 130 valence electrons. The van der Waals surface area contributed by atoms with E-state index in [9.17, 15) is 9.59 Å². The van der Waals surface area contributed by atoms with E-state index < -0.39 is 0 Å². The molecule has 1 aliphatic rings. The molecule has 1 aliphatic heterocycles. The SMILES string of the molecule is CN1N=C(C(=O)Nc2ccc(-c3nc4ccccc4s3)cc2)CCC1=O. The Bertz CT molecular complexity index is 990. The number of nitrogens with one attached hydrogen (secondary N) is 1. The Labute approximate surface area is 154 Å². The Hall–Kier alpha value is -3.06. The van der Waals surface area contributed by atoms with E-state index in [4.69, 9.17) is 0 Å². The van der Waals surface area contributed by atoms with Crippen LogP contribution in [0.5, 0.6) is 0 Å². The predicted molar refractivity (Wildman–Crippen MR) is 103 cm³/mol. The number of aromatic nitrogens is 1. The lowest BCUT2D eigenvalue weighted by atomic mass is 10.1. The summed E-state index contributed by atoms with van der Waals surface area (Å²) in [5.41, 5.74) is 3.04. The fraction of sp³-hybridized carbons (Fsp3) is 0.158. The normalized spacial score (nSPS) is 14.4. The molecule has 0 fully saturated rings. The number of anilines is 1. The van der Waals surface area contributed by atoms with Crippen molar-refractivity contribution in [3.05, 3.63) is 48.5 Å². The fourth-order valence-electron chi connectivity index (χ4n) is 2.73. The zero-order valence-corrected chi connectivity index (χ0v) is 14.9. The first-order valence-corrected chi connectivity index (χ1v) is 9.03. The molecule has 0 unspecified atom stereocenters. The Morgan fingerprint density at radius 3 is 2.62 bits per heavy atom. The van der Waals surface area contributed by atoms with E-state index in [0.717, 1.165) is 20.8 Å². The second-order valence-electron chi connectivity index (χ2n) is 5.98. The first-order chi connectivity index (χ1) is 12.6. The van der Waals surface area contributed by atoms with E-state index in [1.807, 2.05) is 42.5 Å². The lowest BCUT2D eigenvalue weighted by Crippen LogP contribution is -2.34. The molecule has 2 heterocycles. The first-order valence-electron chi connectivity index (χ1n) is 8.21. The van der Waals surface area contributed by atoms with Crippen molar-refractivity contribution in [3.8, 4) is 10.6 Å². The van der Waals surface area contributed by atoms with Crippen LogP contribution in [0.2, 0.25) is 0 Å². The molecule has 0 atom stereocenters. The molecule has 26 heavy (non-hydrogen) atoms. The van der Waals surface area contributed by atoms with E-state index in [0.29, 0.717) is 24.2 Å². The van der Waals surface area contributed by atoms with Crippen molar-refractivity contribution >= 4 is 44.8 Å². The van der Waals surface area contributed by atoms with Crippen LogP contribution in [-0.2, 0) is 9.59 Å². The summed E-state index contributed by atoms with van der Waals surface area (Å²) in [6.07, 6.45) is 0.665. The molecular formula is C19H16N4O2S. The van der Waals surface area contributed by atoms with Crippen LogP contribution in [0.1, 0.15) is 12.8 Å². The van der Waals surface area contributed by atoms with Crippen LogP contribution in [0.15, 0.2) is 53.6 Å². The van der Waals surface area contributed by atoms with Crippen molar-refractivity contribution in [3.63, 3.8) is 0 Å². The molecule has 7 heteroatoms. The minimum Gasteiger partial charge on any atom is -0.321 e. The fourth-order valence-corrected chi connectivity index (χ4v) is 3.70. The number of rotatable bonds is 3. The summed E-state index contributed by atoms with van der Waals surface area (Å²) in [6.45, 7) is 0. The number of carbonyl (C=O) groups is 2. The molecule has 0 saturated heterocycles. The Balaban J connectivity index is 1.50.